The predicted octanol–water partition coefficient (Wildman–Crippen LogP) is 5.12. The lowest BCUT2D eigenvalue weighted by molar-refractivity contribution is -0.122. The summed E-state index contributed by atoms with van der Waals surface area (Å²) in [6.07, 6.45) is 2.77. The van der Waals surface area contributed by atoms with E-state index in [1.54, 1.807) is 36.4 Å². The first kappa shape index (κ1) is 25.2. The predicted molar refractivity (Wildman–Crippen MR) is 137 cm³/mol. The summed E-state index contributed by atoms with van der Waals surface area (Å²) in [5, 5.41) is 3.50. The number of nitrogens with one attached hydrogen (secondary N) is 1. The van der Waals surface area contributed by atoms with Crippen molar-refractivity contribution in [2.75, 3.05) is 13.2 Å². The highest BCUT2D eigenvalue weighted by molar-refractivity contribution is 7.89. The Kier molecular flexibility index (Phi) is 8.11. The van der Waals surface area contributed by atoms with Gasteiger partial charge in [-0.05, 0) is 73.2 Å². The van der Waals surface area contributed by atoms with Crippen molar-refractivity contribution in [2.45, 2.75) is 43.7 Å². The number of fused-ring (bicyclic) bond motifs is 1. The van der Waals surface area contributed by atoms with Gasteiger partial charge in [-0.25, -0.2) is 8.42 Å². The average Bonchev–Trinajstić information content (AvgIpc) is 2.86. The number of rotatable bonds is 9. The Bertz CT molecular complexity index is 1280. The molecular formula is C27H29ClN2O4S. The fourth-order valence-corrected chi connectivity index (χ4v) is 5.94. The normalized spacial score (nSPS) is 15.5. The van der Waals surface area contributed by atoms with Gasteiger partial charge >= 0.3 is 0 Å². The van der Waals surface area contributed by atoms with Crippen molar-refractivity contribution >= 4 is 27.5 Å². The highest BCUT2D eigenvalue weighted by Crippen LogP contribution is 2.30. The molecule has 1 unspecified atom stereocenters. The largest absolute Gasteiger partial charge is 0.494 e. The summed E-state index contributed by atoms with van der Waals surface area (Å²) >= 11 is 6.33. The lowest BCUT2D eigenvalue weighted by Crippen LogP contribution is -2.42. The van der Waals surface area contributed by atoms with Crippen LogP contribution >= 0.6 is 11.6 Å². The van der Waals surface area contributed by atoms with Crippen LogP contribution in [0.3, 0.4) is 0 Å². The number of hydrogen-bond donors (Lipinski definition) is 1. The summed E-state index contributed by atoms with van der Waals surface area (Å²) < 4.78 is 33.8. The molecule has 184 valence electrons. The second-order valence-corrected chi connectivity index (χ2v) is 10.8. The average molecular weight is 513 g/mol. The van der Waals surface area contributed by atoms with Crippen LogP contribution in [0, 0.1) is 0 Å². The van der Waals surface area contributed by atoms with Crippen LogP contribution in [0.25, 0.3) is 0 Å². The van der Waals surface area contributed by atoms with Crippen molar-refractivity contribution in [1.82, 2.24) is 9.62 Å². The third-order valence-corrected chi connectivity index (χ3v) is 8.28. The number of hydrogen-bond acceptors (Lipinski definition) is 4. The number of ether oxygens (including phenoxy) is 1. The monoisotopic (exact) mass is 512 g/mol. The Hall–Kier alpha value is -2.87. The quantitative estimate of drug-likeness (QED) is 0.431. The number of carbonyl (C=O) groups excluding carboxylic acids is 1. The molecule has 0 bridgehead atoms. The minimum atomic E-state index is -3.99. The molecule has 0 aromatic heterocycles. The number of aryl methyl sites for hydroxylation is 1. The van der Waals surface area contributed by atoms with Crippen LogP contribution in [-0.2, 0) is 27.8 Å². The van der Waals surface area contributed by atoms with E-state index in [0.29, 0.717) is 22.9 Å². The molecule has 0 aliphatic heterocycles. The maximum atomic E-state index is 13.6. The topological polar surface area (TPSA) is 75.7 Å². The maximum Gasteiger partial charge on any atom is 0.243 e. The van der Waals surface area contributed by atoms with Gasteiger partial charge in [0.05, 0.1) is 24.1 Å². The highest BCUT2D eigenvalue weighted by atomic mass is 35.5. The summed E-state index contributed by atoms with van der Waals surface area (Å²) in [6.45, 7) is 2.00. The summed E-state index contributed by atoms with van der Waals surface area (Å²) in [7, 11) is -3.99. The molecule has 1 N–H and O–H groups in total. The van der Waals surface area contributed by atoms with Crippen molar-refractivity contribution in [2.24, 2.45) is 0 Å². The van der Waals surface area contributed by atoms with Crippen molar-refractivity contribution in [3.8, 4) is 5.75 Å². The first-order valence-corrected chi connectivity index (χ1v) is 13.5. The molecule has 1 atom stereocenters. The van der Waals surface area contributed by atoms with E-state index in [1.165, 1.54) is 22.0 Å². The smallest absolute Gasteiger partial charge is 0.243 e. The van der Waals surface area contributed by atoms with Crippen LogP contribution in [0.15, 0.2) is 77.7 Å². The van der Waals surface area contributed by atoms with Crippen LogP contribution in [0.1, 0.15) is 42.5 Å². The van der Waals surface area contributed by atoms with Gasteiger partial charge in [-0.1, -0.05) is 54.1 Å². The molecule has 0 saturated heterocycles. The summed E-state index contributed by atoms with van der Waals surface area (Å²) in [5.74, 6) is 0.228. The van der Waals surface area contributed by atoms with E-state index in [9.17, 15) is 13.2 Å². The minimum Gasteiger partial charge on any atom is -0.494 e. The molecule has 0 heterocycles. The molecule has 3 aromatic carbocycles. The Balaban J connectivity index is 1.58. The maximum absolute atomic E-state index is 13.6. The number of nitrogens with zero attached hydrogens (tertiary/aromatic N) is 1. The van der Waals surface area contributed by atoms with Gasteiger partial charge in [-0.2, -0.15) is 4.31 Å². The number of amides is 1. The molecule has 35 heavy (non-hydrogen) atoms. The third-order valence-electron chi connectivity index (χ3n) is 6.10. The van der Waals surface area contributed by atoms with Gasteiger partial charge in [-0.15, -0.1) is 0 Å². The van der Waals surface area contributed by atoms with E-state index in [0.717, 1.165) is 24.8 Å². The lowest BCUT2D eigenvalue weighted by atomic mass is 9.88. The zero-order valence-electron chi connectivity index (χ0n) is 19.6. The van der Waals surface area contributed by atoms with Crippen LogP contribution < -0.4 is 10.1 Å². The fraction of sp³-hybridized carbons (Fsp3) is 0.296. The molecule has 0 spiro atoms. The fourth-order valence-electron chi connectivity index (χ4n) is 4.37. The first-order valence-electron chi connectivity index (χ1n) is 11.7. The molecule has 1 aliphatic rings. The summed E-state index contributed by atoms with van der Waals surface area (Å²) in [4.78, 5) is 13.2. The van der Waals surface area contributed by atoms with Crippen molar-refractivity contribution < 1.29 is 17.9 Å². The lowest BCUT2D eigenvalue weighted by Gasteiger charge is -2.28. The number of sulfonamides is 1. The van der Waals surface area contributed by atoms with Crippen LogP contribution in [-0.4, -0.2) is 31.8 Å². The van der Waals surface area contributed by atoms with Crippen LogP contribution in [0.2, 0.25) is 5.02 Å². The molecule has 0 fully saturated rings. The van der Waals surface area contributed by atoms with Gasteiger partial charge in [0.1, 0.15) is 5.75 Å². The minimum absolute atomic E-state index is 0.0239. The number of halogens is 1. The molecule has 0 radical (unpaired) electrons. The van der Waals surface area contributed by atoms with E-state index < -0.39 is 10.0 Å². The first-order chi connectivity index (χ1) is 16.9. The van der Waals surface area contributed by atoms with E-state index in [1.807, 2.05) is 25.1 Å². The van der Waals surface area contributed by atoms with Crippen molar-refractivity contribution in [3.05, 3.63) is 94.5 Å². The van der Waals surface area contributed by atoms with Gasteiger partial charge in [0.25, 0.3) is 0 Å². The second kappa shape index (κ2) is 11.2. The zero-order chi connectivity index (χ0) is 24.8. The second-order valence-electron chi connectivity index (χ2n) is 8.48. The molecule has 4 rings (SSSR count). The molecule has 6 nitrogen and oxygen atoms in total. The molecule has 3 aromatic rings. The Morgan fingerprint density at radius 3 is 2.51 bits per heavy atom. The Morgan fingerprint density at radius 1 is 1.06 bits per heavy atom. The molecule has 8 heteroatoms. The van der Waals surface area contributed by atoms with Gasteiger partial charge < -0.3 is 10.1 Å². The Labute approximate surface area is 211 Å². The number of benzene rings is 3. The van der Waals surface area contributed by atoms with Crippen LogP contribution in [0.5, 0.6) is 5.75 Å². The van der Waals surface area contributed by atoms with E-state index >= 15 is 0 Å². The van der Waals surface area contributed by atoms with E-state index in [2.05, 4.69) is 11.4 Å². The molecule has 0 saturated carbocycles. The molecular weight excluding hydrogens is 484 g/mol. The van der Waals surface area contributed by atoms with E-state index in [4.69, 9.17) is 16.3 Å². The summed E-state index contributed by atoms with van der Waals surface area (Å²) in [5.41, 5.74) is 2.94. The molecule has 1 amide bonds. The van der Waals surface area contributed by atoms with Crippen molar-refractivity contribution in [3.63, 3.8) is 0 Å². The number of carbonyl (C=O) groups is 1. The standard InChI is InChI=1S/C27H29ClN2O4S/c1-2-34-22-14-16-23(17-15-22)35(32,33)30(18-21-9-4-6-12-25(21)28)19-27(31)29-26-13-7-10-20-8-3-5-11-24(20)26/h3-6,8-9,11-12,14-17,26H,2,7,10,13,18-19H2,1H3,(H,29,31). The van der Waals surface area contributed by atoms with Gasteiger partial charge in [0.2, 0.25) is 15.9 Å². The summed E-state index contributed by atoms with van der Waals surface area (Å²) in [6, 6.07) is 21.2. The van der Waals surface area contributed by atoms with Crippen LogP contribution in [0.4, 0.5) is 0 Å². The third kappa shape index (κ3) is 6.04. The van der Waals surface area contributed by atoms with Gasteiger partial charge in [0, 0.05) is 11.6 Å². The Morgan fingerprint density at radius 2 is 1.77 bits per heavy atom. The van der Waals surface area contributed by atoms with E-state index in [-0.39, 0.29) is 29.9 Å². The molecule has 1 aliphatic carbocycles. The zero-order valence-corrected chi connectivity index (χ0v) is 21.2. The van der Waals surface area contributed by atoms with Gasteiger partial charge in [0.15, 0.2) is 0 Å². The van der Waals surface area contributed by atoms with Gasteiger partial charge in [-0.3, -0.25) is 4.79 Å². The highest BCUT2D eigenvalue weighted by Gasteiger charge is 2.29. The van der Waals surface area contributed by atoms with Crippen molar-refractivity contribution in [1.29, 1.82) is 0 Å². The SMILES string of the molecule is CCOc1ccc(S(=O)(=O)N(CC(=O)NC2CCCc3ccccc32)Cc2ccccc2Cl)cc1.